The van der Waals surface area contributed by atoms with Gasteiger partial charge in [-0.25, -0.2) is 14.8 Å². The Labute approximate surface area is 190 Å². The van der Waals surface area contributed by atoms with Crippen molar-refractivity contribution >= 4 is 40.2 Å². The summed E-state index contributed by atoms with van der Waals surface area (Å²) in [6.45, 7) is 1.95. The number of aromatic nitrogens is 4. The summed E-state index contributed by atoms with van der Waals surface area (Å²) in [6, 6.07) is 17.5. The first-order valence-corrected chi connectivity index (χ1v) is 11.1. The number of aliphatic imine (C=N–C) groups is 1. The Morgan fingerprint density at radius 2 is 1.97 bits per heavy atom. The Hall–Kier alpha value is -4.07. The fourth-order valence-corrected chi connectivity index (χ4v) is 4.71. The van der Waals surface area contributed by atoms with Gasteiger partial charge in [0.05, 0.1) is 11.1 Å². The quantitative estimate of drug-likeness (QED) is 0.437. The molecular weight excluding hydrogens is 416 g/mol. The van der Waals surface area contributed by atoms with Gasteiger partial charge in [0.2, 0.25) is 0 Å². The second kappa shape index (κ2) is 7.81. The van der Waals surface area contributed by atoms with Crippen LogP contribution < -0.4 is 5.32 Å². The van der Waals surface area contributed by atoms with Crippen molar-refractivity contribution in [2.24, 2.45) is 4.99 Å². The lowest BCUT2D eigenvalue weighted by Gasteiger charge is -2.36. The van der Waals surface area contributed by atoms with Gasteiger partial charge in [0.25, 0.3) is 5.95 Å². The van der Waals surface area contributed by atoms with E-state index in [0.29, 0.717) is 29.6 Å². The standard InChI is InChI=1S/C25H22N6O2/c1-14-12-22(31-30-14)28-23-18-8-4-5-9-20(18)27-25(29-23)26-15-10-11-21-19(13-15)16-6-2-3-7-17(16)24(32)33-21/h2-9,12,19,21H,10-11,13H2,1H3,(H2,27,28,29,30,31). The second-order valence-electron chi connectivity index (χ2n) is 8.51. The van der Waals surface area contributed by atoms with Crippen molar-refractivity contribution in [2.75, 3.05) is 5.32 Å². The molecule has 2 unspecified atom stereocenters. The molecule has 1 aliphatic carbocycles. The molecule has 1 fully saturated rings. The van der Waals surface area contributed by atoms with Crippen LogP contribution in [0.1, 0.15) is 46.8 Å². The van der Waals surface area contributed by atoms with E-state index in [1.807, 2.05) is 61.5 Å². The molecule has 2 atom stereocenters. The third kappa shape index (κ3) is 3.63. The molecule has 1 saturated carbocycles. The zero-order valence-electron chi connectivity index (χ0n) is 18.1. The lowest BCUT2D eigenvalue weighted by molar-refractivity contribution is 0.0141. The minimum Gasteiger partial charge on any atom is -0.458 e. The maximum absolute atomic E-state index is 12.3. The molecule has 2 aromatic heterocycles. The molecule has 6 rings (SSSR count). The van der Waals surface area contributed by atoms with Gasteiger partial charge in [-0.3, -0.25) is 5.10 Å². The zero-order chi connectivity index (χ0) is 22.4. The van der Waals surface area contributed by atoms with Gasteiger partial charge in [-0.2, -0.15) is 10.1 Å². The van der Waals surface area contributed by atoms with E-state index in [-0.39, 0.29) is 18.0 Å². The van der Waals surface area contributed by atoms with E-state index in [1.165, 1.54) is 0 Å². The first-order valence-electron chi connectivity index (χ1n) is 11.1. The van der Waals surface area contributed by atoms with Crippen LogP contribution in [0.15, 0.2) is 59.6 Å². The molecule has 33 heavy (non-hydrogen) atoms. The molecule has 164 valence electrons. The van der Waals surface area contributed by atoms with Gasteiger partial charge in [-0.05, 0) is 49.9 Å². The summed E-state index contributed by atoms with van der Waals surface area (Å²) in [4.78, 5) is 26.6. The molecular formula is C25H22N6O2. The summed E-state index contributed by atoms with van der Waals surface area (Å²) < 4.78 is 5.72. The van der Waals surface area contributed by atoms with Crippen LogP contribution in [0.4, 0.5) is 17.6 Å². The number of hydrogen-bond acceptors (Lipinski definition) is 7. The molecule has 0 bridgehead atoms. The first-order chi connectivity index (χ1) is 16.1. The molecule has 2 aromatic carbocycles. The Kier molecular flexibility index (Phi) is 4.64. The second-order valence-corrected chi connectivity index (χ2v) is 8.51. The number of benzene rings is 2. The predicted molar refractivity (Wildman–Crippen MR) is 125 cm³/mol. The fourth-order valence-electron chi connectivity index (χ4n) is 4.71. The number of para-hydroxylation sites is 1. The van der Waals surface area contributed by atoms with E-state index >= 15 is 0 Å². The van der Waals surface area contributed by atoms with Gasteiger partial charge in [-0.1, -0.05) is 30.3 Å². The van der Waals surface area contributed by atoms with Crippen molar-refractivity contribution in [3.05, 3.63) is 71.4 Å². The van der Waals surface area contributed by atoms with Gasteiger partial charge in [0.15, 0.2) is 5.82 Å². The number of carbonyl (C=O) groups is 1. The zero-order valence-corrected chi connectivity index (χ0v) is 18.1. The maximum Gasteiger partial charge on any atom is 0.338 e. The lowest BCUT2D eigenvalue weighted by Crippen LogP contribution is -2.37. The largest absolute Gasteiger partial charge is 0.458 e. The van der Waals surface area contributed by atoms with E-state index in [1.54, 1.807) is 0 Å². The van der Waals surface area contributed by atoms with Crippen molar-refractivity contribution in [3.8, 4) is 0 Å². The number of hydrogen-bond donors (Lipinski definition) is 2. The maximum atomic E-state index is 12.3. The smallest absolute Gasteiger partial charge is 0.338 e. The molecule has 3 heterocycles. The highest BCUT2D eigenvalue weighted by Crippen LogP contribution is 2.40. The molecule has 0 spiro atoms. The average molecular weight is 438 g/mol. The number of ether oxygens (including phenoxy) is 1. The molecule has 8 nitrogen and oxygen atoms in total. The number of nitrogens with one attached hydrogen (secondary N) is 2. The summed E-state index contributed by atoms with van der Waals surface area (Å²) in [6.07, 6.45) is 2.10. The highest BCUT2D eigenvalue weighted by Gasteiger charge is 2.38. The highest BCUT2D eigenvalue weighted by atomic mass is 16.5. The topological polar surface area (TPSA) is 105 Å². The van der Waals surface area contributed by atoms with Crippen LogP contribution >= 0.6 is 0 Å². The van der Waals surface area contributed by atoms with E-state index in [4.69, 9.17) is 14.7 Å². The van der Waals surface area contributed by atoms with Gasteiger partial charge in [0.1, 0.15) is 11.9 Å². The van der Waals surface area contributed by atoms with Crippen LogP contribution in [0.5, 0.6) is 0 Å². The number of fused-ring (bicyclic) bond motifs is 4. The Morgan fingerprint density at radius 1 is 1.12 bits per heavy atom. The van der Waals surface area contributed by atoms with Crippen molar-refractivity contribution in [3.63, 3.8) is 0 Å². The van der Waals surface area contributed by atoms with Gasteiger partial charge in [0, 0.05) is 28.8 Å². The summed E-state index contributed by atoms with van der Waals surface area (Å²) in [5.74, 6) is 1.65. The van der Waals surface area contributed by atoms with Gasteiger partial charge >= 0.3 is 5.97 Å². The van der Waals surface area contributed by atoms with Crippen LogP contribution in [0, 0.1) is 6.92 Å². The summed E-state index contributed by atoms with van der Waals surface area (Å²) in [5.41, 5.74) is 4.49. The molecule has 4 aromatic rings. The summed E-state index contributed by atoms with van der Waals surface area (Å²) in [7, 11) is 0. The number of anilines is 2. The number of esters is 1. The molecule has 2 aliphatic rings. The van der Waals surface area contributed by atoms with Crippen LogP contribution in [0.3, 0.4) is 0 Å². The normalized spacial score (nSPS) is 20.9. The highest BCUT2D eigenvalue weighted by molar-refractivity contribution is 5.95. The van der Waals surface area contributed by atoms with Crippen LogP contribution in [0.2, 0.25) is 0 Å². The molecule has 1 aliphatic heterocycles. The SMILES string of the molecule is Cc1cc(Nc2nc(N=C3CCC4OC(=O)c5ccccc5C4C3)nc3ccccc23)n[nH]1. The summed E-state index contributed by atoms with van der Waals surface area (Å²) >= 11 is 0. The number of H-pyrrole nitrogens is 1. The Morgan fingerprint density at radius 3 is 2.85 bits per heavy atom. The predicted octanol–water partition coefficient (Wildman–Crippen LogP) is 4.98. The van der Waals surface area contributed by atoms with Crippen LogP contribution in [-0.2, 0) is 4.74 Å². The van der Waals surface area contributed by atoms with Crippen LogP contribution in [0.25, 0.3) is 10.9 Å². The van der Waals surface area contributed by atoms with Gasteiger partial charge in [-0.15, -0.1) is 0 Å². The Balaban J connectivity index is 1.35. The van der Waals surface area contributed by atoms with Crippen molar-refractivity contribution in [1.82, 2.24) is 20.2 Å². The Bertz CT molecular complexity index is 1410. The summed E-state index contributed by atoms with van der Waals surface area (Å²) in [5, 5.41) is 11.4. The van der Waals surface area contributed by atoms with Crippen molar-refractivity contribution in [1.29, 1.82) is 0 Å². The van der Waals surface area contributed by atoms with E-state index in [9.17, 15) is 4.79 Å². The number of aromatic amines is 1. The van der Waals surface area contributed by atoms with Crippen molar-refractivity contribution < 1.29 is 9.53 Å². The number of aryl methyl sites for hydroxylation is 1. The van der Waals surface area contributed by atoms with Crippen LogP contribution in [-0.4, -0.2) is 38.0 Å². The number of nitrogens with zero attached hydrogens (tertiary/aromatic N) is 4. The molecule has 0 radical (unpaired) electrons. The third-order valence-electron chi connectivity index (χ3n) is 6.26. The van der Waals surface area contributed by atoms with E-state index < -0.39 is 0 Å². The first kappa shape index (κ1) is 19.6. The molecule has 8 heteroatoms. The number of rotatable bonds is 3. The average Bonchev–Trinajstić information content (AvgIpc) is 3.24. The molecule has 0 amide bonds. The fraction of sp³-hybridized carbons (Fsp3) is 0.240. The molecule has 0 saturated heterocycles. The third-order valence-corrected chi connectivity index (χ3v) is 6.26. The van der Waals surface area contributed by atoms with E-state index in [2.05, 4.69) is 20.5 Å². The minimum absolute atomic E-state index is 0.107. The van der Waals surface area contributed by atoms with Gasteiger partial charge < -0.3 is 10.1 Å². The minimum atomic E-state index is -0.227. The van der Waals surface area contributed by atoms with E-state index in [0.717, 1.165) is 40.7 Å². The lowest BCUT2D eigenvalue weighted by atomic mass is 9.77. The molecule has 2 N–H and O–H groups in total. The monoisotopic (exact) mass is 438 g/mol. The number of carbonyl (C=O) groups excluding carboxylic acids is 1. The van der Waals surface area contributed by atoms with Crippen molar-refractivity contribution in [2.45, 2.75) is 38.2 Å².